The highest BCUT2D eigenvalue weighted by molar-refractivity contribution is 5.79. The first-order valence-corrected chi connectivity index (χ1v) is 5.62. The van der Waals surface area contributed by atoms with Gasteiger partial charge in [-0.1, -0.05) is 18.2 Å². The highest BCUT2D eigenvalue weighted by Gasteiger charge is 2.10. The van der Waals surface area contributed by atoms with Crippen molar-refractivity contribution < 1.29 is 13.9 Å². The molecular weight excluding hydrogens is 245 g/mol. The van der Waals surface area contributed by atoms with E-state index in [2.05, 4.69) is 0 Å². The summed E-state index contributed by atoms with van der Waals surface area (Å²) in [4.78, 5) is 10.8. The van der Waals surface area contributed by atoms with E-state index in [1.807, 2.05) is 6.07 Å². The van der Waals surface area contributed by atoms with E-state index in [0.29, 0.717) is 18.5 Å². The number of carbonyl (C=O) groups is 1. The predicted molar refractivity (Wildman–Crippen MR) is 67.6 cm³/mol. The first kappa shape index (κ1) is 12.8. The van der Waals surface area contributed by atoms with Gasteiger partial charge in [0.25, 0.3) is 0 Å². The van der Waals surface area contributed by atoms with E-state index in [1.54, 1.807) is 24.3 Å². The van der Waals surface area contributed by atoms with Gasteiger partial charge >= 0.3 is 0 Å². The van der Waals surface area contributed by atoms with Crippen molar-refractivity contribution in [2.75, 3.05) is 0 Å². The Balaban J connectivity index is 2.26. The number of nitrogens with zero attached hydrogens (tertiary/aromatic N) is 1. The Morgan fingerprint density at radius 1 is 1.21 bits per heavy atom. The van der Waals surface area contributed by atoms with Gasteiger partial charge in [0.1, 0.15) is 5.75 Å². The minimum absolute atomic E-state index is 0.0921. The fourth-order valence-corrected chi connectivity index (χ4v) is 1.61. The van der Waals surface area contributed by atoms with E-state index in [9.17, 15) is 9.18 Å². The molecule has 0 bridgehead atoms. The van der Waals surface area contributed by atoms with Gasteiger partial charge in [-0.15, -0.1) is 0 Å². The fourth-order valence-electron chi connectivity index (χ4n) is 1.61. The first-order chi connectivity index (χ1) is 9.24. The van der Waals surface area contributed by atoms with Crippen LogP contribution >= 0.6 is 0 Å². The second-order valence-corrected chi connectivity index (χ2v) is 3.86. The maximum atomic E-state index is 13.6. The number of nitriles is 1. The van der Waals surface area contributed by atoms with E-state index in [0.717, 1.165) is 5.56 Å². The van der Waals surface area contributed by atoms with Crippen molar-refractivity contribution in [2.24, 2.45) is 0 Å². The quantitative estimate of drug-likeness (QED) is 0.785. The van der Waals surface area contributed by atoms with Crippen LogP contribution in [0.1, 0.15) is 15.9 Å². The second-order valence-electron chi connectivity index (χ2n) is 3.86. The number of halogens is 1. The lowest BCUT2D eigenvalue weighted by atomic mass is 10.1. The van der Waals surface area contributed by atoms with E-state index < -0.39 is 5.82 Å². The summed E-state index contributed by atoms with van der Waals surface area (Å²) in [5.74, 6) is -0.272. The Bertz CT molecular complexity index is 630. The molecule has 0 aromatic heterocycles. The Kier molecular flexibility index (Phi) is 3.89. The molecule has 0 radical (unpaired) electrons. The van der Waals surface area contributed by atoms with Crippen molar-refractivity contribution in [3.05, 3.63) is 59.4 Å². The van der Waals surface area contributed by atoms with Gasteiger partial charge in [0.05, 0.1) is 18.1 Å². The lowest BCUT2D eigenvalue weighted by Crippen LogP contribution is -1.94. The Morgan fingerprint density at radius 3 is 2.58 bits per heavy atom. The molecule has 0 saturated heterocycles. The number of ether oxygens (including phenoxy) is 1. The third-order valence-corrected chi connectivity index (χ3v) is 2.55. The summed E-state index contributed by atoms with van der Waals surface area (Å²) >= 11 is 0. The summed E-state index contributed by atoms with van der Waals surface area (Å²) in [5.41, 5.74) is 1.00. The average molecular weight is 255 g/mol. The van der Waals surface area contributed by atoms with Gasteiger partial charge in [-0.3, -0.25) is 4.79 Å². The van der Waals surface area contributed by atoms with Gasteiger partial charge in [-0.25, -0.2) is 4.39 Å². The lowest BCUT2D eigenvalue weighted by molar-refractivity contribution is 0.112. The zero-order chi connectivity index (χ0) is 13.7. The monoisotopic (exact) mass is 255 g/mol. The van der Waals surface area contributed by atoms with Crippen LogP contribution in [0.25, 0.3) is 0 Å². The first-order valence-electron chi connectivity index (χ1n) is 5.62. The van der Waals surface area contributed by atoms with Crippen molar-refractivity contribution in [3.8, 4) is 17.6 Å². The van der Waals surface area contributed by atoms with Gasteiger partial charge in [-0.2, -0.15) is 5.26 Å². The molecule has 3 nitrogen and oxygen atoms in total. The number of aldehydes is 1. The standard InChI is InChI=1S/C15H10FNO2/c16-14-3-1-2-12(10-18)15(14)19-13-6-4-11(5-7-13)8-9-17/h1-7,10H,8H2. The maximum Gasteiger partial charge on any atom is 0.173 e. The van der Waals surface area contributed by atoms with Gasteiger partial charge < -0.3 is 4.74 Å². The van der Waals surface area contributed by atoms with Crippen LogP contribution in [0, 0.1) is 17.1 Å². The van der Waals surface area contributed by atoms with Crippen molar-refractivity contribution in [1.29, 1.82) is 5.26 Å². The lowest BCUT2D eigenvalue weighted by Gasteiger charge is -2.09. The molecule has 0 aliphatic rings. The Hall–Kier alpha value is -2.67. The van der Waals surface area contributed by atoms with Crippen LogP contribution in [-0.4, -0.2) is 6.29 Å². The molecule has 0 aliphatic heterocycles. The van der Waals surface area contributed by atoms with Crippen LogP contribution in [0.3, 0.4) is 0 Å². The van der Waals surface area contributed by atoms with Gasteiger partial charge in [-0.05, 0) is 29.8 Å². The fraction of sp³-hybridized carbons (Fsp3) is 0.0667. The van der Waals surface area contributed by atoms with Gasteiger partial charge in [0, 0.05) is 0 Å². The molecule has 2 aromatic rings. The molecule has 19 heavy (non-hydrogen) atoms. The third kappa shape index (κ3) is 2.96. The van der Waals surface area contributed by atoms with Crippen LogP contribution in [0.15, 0.2) is 42.5 Å². The van der Waals surface area contributed by atoms with E-state index in [-0.39, 0.29) is 11.3 Å². The molecule has 0 heterocycles. The van der Waals surface area contributed by atoms with Crippen molar-refractivity contribution >= 4 is 6.29 Å². The summed E-state index contributed by atoms with van der Waals surface area (Å²) < 4.78 is 19.0. The highest BCUT2D eigenvalue weighted by atomic mass is 19.1. The van der Waals surface area contributed by atoms with Gasteiger partial charge in [0.15, 0.2) is 17.9 Å². The van der Waals surface area contributed by atoms with Gasteiger partial charge in [0.2, 0.25) is 0 Å². The molecule has 0 spiro atoms. The Morgan fingerprint density at radius 2 is 1.95 bits per heavy atom. The summed E-state index contributed by atoms with van der Waals surface area (Å²) in [6, 6.07) is 12.9. The zero-order valence-electron chi connectivity index (χ0n) is 9.97. The zero-order valence-corrected chi connectivity index (χ0v) is 9.97. The normalized spacial score (nSPS) is 9.68. The minimum atomic E-state index is -0.592. The van der Waals surface area contributed by atoms with Crippen LogP contribution in [0.4, 0.5) is 4.39 Å². The largest absolute Gasteiger partial charge is 0.454 e. The summed E-state index contributed by atoms with van der Waals surface area (Å²) in [5, 5.41) is 8.56. The van der Waals surface area contributed by atoms with Crippen LogP contribution in [0.2, 0.25) is 0 Å². The maximum absolute atomic E-state index is 13.6. The number of hydrogen-bond acceptors (Lipinski definition) is 3. The van der Waals surface area contributed by atoms with E-state index in [1.165, 1.54) is 18.2 Å². The van der Waals surface area contributed by atoms with Crippen LogP contribution < -0.4 is 4.74 Å². The second kappa shape index (κ2) is 5.78. The van der Waals surface area contributed by atoms with Crippen molar-refractivity contribution in [1.82, 2.24) is 0 Å². The number of hydrogen-bond donors (Lipinski definition) is 0. The predicted octanol–water partition coefficient (Wildman–Crippen LogP) is 3.50. The third-order valence-electron chi connectivity index (χ3n) is 2.55. The van der Waals surface area contributed by atoms with Crippen LogP contribution in [-0.2, 0) is 6.42 Å². The molecule has 0 atom stereocenters. The number of benzene rings is 2. The molecule has 0 amide bonds. The Labute approximate surface area is 109 Å². The van der Waals surface area contributed by atoms with Crippen molar-refractivity contribution in [3.63, 3.8) is 0 Å². The molecular formula is C15H10FNO2. The van der Waals surface area contributed by atoms with E-state index >= 15 is 0 Å². The molecule has 94 valence electrons. The summed E-state index contributed by atoms with van der Waals surface area (Å²) in [6.07, 6.45) is 0.849. The molecule has 2 aromatic carbocycles. The average Bonchev–Trinajstić information content (AvgIpc) is 2.43. The molecule has 0 saturated carbocycles. The molecule has 0 aliphatic carbocycles. The van der Waals surface area contributed by atoms with Crippen LogP contribution in [0.5, 0.6) is 11.5 Å². The smallest absolute Gasteiger partial charge is 0.173 e. The van der Waals surface area contributed by atoms with Crippen molar-refractivity contribution in [2.45, 2.75) is 6.42 Å². The molecule has 0 fully saturated rings. The summed E-state index contributed by atoms with van der Waals surface area (Å²) in [7, 11) is 0. The number of para-hydroxylation sites is 1. The molecule has 4 heteroatoms. The molecule has 2 rings (SSSR count). The number of carbonyl (C=O) groups excluding carboxylic acids is 1. The minimum Gasteiger partial charge on any atom is -0.454 e. The number of rotatable bonds is 4. The summed E-state index contributed by atoms with van der Waals surface area (Å²) in [6.45, 7) is 0. The molecule has 0 unspecified atom stereocenters. The van der Waals surface area contributed by atoms with E-state index in [4.69, 9.17) is 10.00 Å². The SMILES string of the molecule is N#CCc1ccc(Oc2c(F)cccc2C=O)cc1. The molecule has 0 N–H and O–H groups in total. The highest BCUT2D eigenvalue weighted by Crippen LogP contribution is 2.27. The topological polar surface area (TPSA) is 50.1 Å².